The van der Waals surface area contributed by atoms with Crippen LogP contribution in [0.2, 0.25) is 0 Å². The number of aryl methyl sites for hydroxylation is 2. The van der Waals surface area contributed by atoms with Gasteiger partial charge in [0.05, 0.1) is 0 Å². The lowest BCUT2D eigenvalue weighted by molar-refractivity contribution is -0.140. The monoisotopic (exact) mass is 369 g/mol. The fraction of sp³-hybridized carbons (Fsp3) is 0.476. The van der Waals surface area contributed by atoms with Gasteiger partial charge in [-0.05, 0) is 43.9 Å². The van der Waals surface area contributed by atoms with E-state index in [1.165, 1.54) is 0 Å². The molecule has 2 aromatic rings. The lowest BCUT2D eigenvalue weighted by Crippen LogP contribution is -2.58. The Morgan fingerprint density at radius 1 is 1.26 bits per heavy atom. The Balaban J connectivity index is 1.90. The molecule has 1 saturated heterocycles. The number of amides is 2. The molecular weight excluding hydrogens is 342 g/mol. The van der Waals surface area contributed by atoms with Crippen LogP contribution >= 0.6 is 0 Å². The van der Waals surface area contributed by atoms with Gasteiger partial charge in [0.25, 0.3) is 5.91 Å². The third kappa shape index (κ3) is 3.48. The first-order chi connectivity index (χ1) is 12.7. The number of nitrogens with zero attached hydrogens (tertiary/aromatic N) is 3. The predicted molar refractivity (Wildman–Crippen MR) is 105 cm³/mol. The lowest BCUT2D eigenvalue weighted by atomic mass is 10.0. The van der Waals surface area contributed by atoms with E-state index in [0.717, 1.165) is 16.5 Å². The van der Waals surface area contributed by atoms with Crippen molar-refractivity contribution in [3.63, 3.8) is 0 Å². The lowest BCUT2D eigenvalue weighted by Gasteiger charge is -2.39. The molecule has 0 radical (unpaired) electrons. The van der Waals surface area contributed by atoms with Crippen LogP contribution in [0.5, 0.6) is 5.75 Å². The second kappa shape index (κ2) is 7.18. The molecule has 0 aliphatic carbocycles. The van der Waals surface area contributed by atoms with Gasteiger partial charge in [0.2, 0.25) is 5.91 Å². The van der Waals surface area contributed by atoms with E-state index in [-0.39, 0.29) is 23.3 Å². The molecule has 2 amide bonds. The minimum atomic E-state index is -0.518. The number of fused-ring (bicyclic) bond motifs is 1. The Morgan fingerprint density at radius 2 is 1.96 bits per heavy atom. The summed E-state index contributed by atoms with van der Waals surface area (Å²) in [7, 11) is 0. The maximum absolute atomic E-state index is 13.0. The molecule has 1 aliphatic heterocycles. The van der Waals surface area contributed by atoms with Gasteiger partial charge >= 0.3 is 0 Å². The first kappa shape index (κ1) is 19.1. The number of hydrogen-bond acceptors (Lipinski definition) is 4. The molecule has 6 heteroatoms. The van der Waals surface area contributed by atoms with Crippen molar-refractivity contribution in [1.82, 2.24) is 14.8 Å². The van der Waals surface area contributed by atoms with Gasteiger partial charge < -0.3 is 14.9 Å². The number of aromatic nitrogens is 1. The van der Waals surface area contributed by atoms with Crippen molar-refractivity contribution in [3.05, 3.63) is 35.0 Å². The van der Waals surface area contributed by atoms with Gasteiger partial charge in [-0.25, -0.2) is 4.98 Å². The van der Waals surface area contributed by atoms with Crippen molar-refractivity contribution in [2.75, 3.05) is 19.6 Å². The largest absolute Gasteiger partial charge is 0.505 e. The van der Waals surface area contributed by atoms with Crippen molar-refractivity contribution in [2.45, 2.75) is 40.7 Å². The normalized spacial score (nSPS) is 17.9. The second-order valence-corrected chi connectivity index (χ2v) is 7.80. The highest BCUT2D eigenvalue weighted by Gasteiger charge is 2.35. The number of carbonyl (C=O) groups excluding carboxylic acids is 2. The van der Waals surface area contributed by atoms with Crippen LogP contribution in [-0.2, 0) is 4.79 Å². The van der Waals surface area contributed by atoms with Crippen LogP contribution < -0.4 is 0 Å². The average Bonchev–Trinajstić information content (AvgIpc) is 2.62. The van der Waals surface area contributed by atoms with E-state index in [0.29, 0.717) is 31.1 Å². The Labute approximate surface area is 159 Å². The smallest absolute Gasteiger partial charge is 0.273 e. The number of phenols is 1. The van der Waals surface area contributed by atoms with E-state index in [2.05, 4.69) is 18.8 Å². The molecule has 0 spiro atoms. The number of hydrogen-bond donors (Lipinski definition) is 1. The summed E-state index contributed by atoms with van der Waals surface area (Å²) in [5.41, 5.74) is 2.40. The molecule has 1 aromatic heterocycles. The molecule has 27 heavy (non-hydrogen) atoms. The van der Waals surface area contributed by atoms with Crippen molar-refractivity contribution in [3.8, 4) is 5.75 Å². The minimum absolute atomic E-state index is 0.0291. The van der Waals surface area contributed by atoms with E-state index in [4.69, 9.17) is 0 Å². The predicted octanol–water partition coefficient (Wildman–Crippen LogP) is 2.89. The van der Waals surface area contributed by atoms with Crippen LogP contribution in [0.4, 0.5) is 0 Å². The molecule has 1 fully saturated rings. The van der Waals surface area contributed by atoms with Crippen LogP contribution in [0.3, 0.4) is 0 Å². The molecule has 6 nitrogen and oxygen atoms in total. The number of piperazine rings is 1. The zero-order valence-corrected chi connectivity index (χ0v) is 16.6. The molecule has 1 aromatic carbocycles. The highest BCUT2D eigenvalue weighted by molar-refractivity contribution is 5.99. The van der Waals surface area contributed by atoms with Crippen LogP contribution in [-0.4, -0.2) is 57.4 Å². The molecule has 1 atom stereocenters. The van der Waals surface area contributed by atoms with Crippen molar-refractivity contribution in [2.24, 2.45) is 5.92 Å². The van der Waals surface area contributed by atoms with E-state index >= 15 is 0 Å². The molecule has 144 valence electrons. The van der Waals surface area contributed by atoms with Crippen molar-refractivity contribution >= 4 is 22.7 Å². The number of carbonyl (C=O) groups is 2. The molecule has 1 aliphatic rings. The summed E-state index contributed by atoms with van der Waals surface area (Å²) in [6, 6.07) is 4.86. The van der Waals surface area contributed by atoms with Crippen LogP contribution in [0.1, 0.15) is 42.4 Å². The second-order valence-electron chi connectivity index (χ2n) is 7.80. The number of phenolic OH excluding ortho intramolecular Hbond substituents is 1. The van der Waals surface area contributed by atoms with Crippen LogP contribution in [0.15, 0.2) is 18.2 Å². The standard InChI is InChI=1S/C21H27N3O3/c1-12(2)11-23-8-9-24(15(5)20(23)26)21(27)17-7-6-16-13(3)10-14(4)19(25)18(16)22-17/h6-7,10,12,15,25H,8-9,11H2,1-5H3/t15-/m1/s1. The van der Waals surface area contributed by atoms with Gasteiger partial charge in [-0.15, -0.1) is 0 Å². The number of aromatic hydroxyl groups is 1. The van der Waals surface area contributed by atoms with Crippen LogP contribution in [0, 0.1) is 19.8 Å². The SMILES string of the molecule is Cc1cc(C)c2ccc(C(=O)N3CCN(CC(C)C)C(=O)[C@H]3C)nc2c1O. The van der Waals surface area contributed by atoms with Crippen molar-refractivity contribution in [1.29, 1.82) is 0 Å². The maximum Gasteiger partial charge on any atom is 0.273 e. The molecule has 0 unspecified atom stereocenters. The molecular formula is C21H27N3O3. The van der Waals surface area contributed by atoms with E-state index in [1.54, 1.807) is 17.9 Å². The molecule has 3 rings (SSSR count). The summed E-state index contributed by atoms with van der Waals surface area (Å²) in [4.78, 5) is 33.5. The fourth-order valence-corrected chi connectivity index (χ4v) is 3.71. The van der Waals surface area contributed by atoms with E-state index < -0.39 is 6.04 Å². The van der Waals surface area contributed by atoms with Gasteiger partial charge in [-0.2, -0.15) is 0 Å². The fourth-order valence-electron chi connectivity index (χ4n) is 3.71. The van der Waals surface area contributed by atoms with Gasteiger partial charge in [-0.1, -0.05) is 26.0 Å². The first-order valence-corrected chi connectivity index (χ1v) is 9.40. The highest BCUT2D eigenvalue weighted by Crippen LogP contribution is 2.30. The quantitative estimate of drug-likeness (QED) is 0.903. The zero-order chi connectivity index (χ0) is 19.9. The van der Waals surface area contributed by atoms with Crippen molar-refractivity contribution < 1.29 is 14.7 Å². The van der Waals surface area contributed by atoms with Gasteiger partial charge in [-0.3, -0.25) is 9.59 Å². The summed E-state index contributed by atoms with van der Waals surface area (Å²) in [5, 5.41) is 11.2. The third-order valence-corrected chi connectivity index (χ3v) is 5.16. The number of rotatable bonds is 3. The number of benzene rings is 1. The Kier molecular flexibility index (Phi) is 5.09. The highest BCUT2D eigenvalue weighted by atomic mass is 16.3. The van der Waals surface area contributed by atoms with Gasteiger partial charge in [0, 0.05) is 25.0 Å². The Morgan fingerprint density at radius 3 is 2.63 bits per heavy atom. The summed E-state index contributed by atoms with van der Waals surface area (Å²) >= 11 is 0. The topological polar surface area (TPSA) is 73.7 Å². The third-order valence-electron chi connectivity index (χ3n) is 5.16. The molecule has 0 bridgehead atoms. The van der Waals surface area contributed by atoms with Crippen LogP contribution in [0.25, 0.3) is 10.9 Å². The Hall–Kier alpha value is -2.63. The summed E-state index contributed by atoms with van der Waals surface area (Å²) in [6.45, 7) is 11.4. The van der Waals surface area contributed by atoms with E-state index in [1.807, 2.05) is 30.9 Å². The summed E-state index contributed by atoms with van der Waals surface area (Å²) in [5.74, 6) is 0.176. The zero-order valence-electron chi connectivity index (χ0n) is 16.6. The minimum Gasteiger partial charge on any atom is -0.505 e. The number of pyridine rings is 1. The Bertz CT molecular complexity index is 907. The van der Waals surface area contributed by atoms with Gasteiger partial charge in [0.15, 0.2) is 0 Å². The molecule has 0 saturated carbocycles. The molecule has 2 heterocycles. The van der Waals surface area contributed by atoms with Gasteiger partial charge in [0.1, 0.15) is 23.0 Å². The maximum atomic E-state index is 13.0. The average molecular weight is 369 g/mol. The summed E-state index contributed by atoms with van der Waals surface area (Å²) in [6.07, 6.45) is 0. The first-order valence-electron chi connectivity index (χ1n) is 9.40. The van der Waals surface area contributed by atoms with E-state index in [9.17, 15) is 14.7 Å². The molecule has 1 N–H and O–H groups in total. The summed E-state index contributed by atoms with van der Waals surface area (Å²) < 4.78 is 0.